The van der Waals surface area contributed by atoms with E-state index in [9.17, 15) is 0 Å². The summed E-state index contributed by atoms with van der Waals surface area (Å²) in [5.74, 6) is 0. The molecule has 1 N–H and O–H groups in total. The van der Waals surface area contributed by atoms with Crippen LogP contribution >= 0.6 is 23.5 Å². The normalized spacial score (nSPS) is 15.2. The van der Waals surface area contributed by atoms with Gasteiger partial charge in [0, 0.05) is 31.3 Å². The van der Waals surface area contributed by atoms with Crippen molar-refractivity contribution in [2.45, 2.75) is 32.4 Å². The van der Waals surface area contributed by atoms with E-state index in [1.807, 2.05) is 23.5 Å². The van der Waals surface area contributed by atoms with Gasteiger partial charge in [0.05, 0.1) is 10.4 Å². The SMILES string of the molecule is C1=Cc2c([nH]c3c4c(ccc23)Sc2cc3ccccc3cc2S4)CC1. The molecule has 1 aliphatic carbocycles. The molecule has 0 bridgehead atoms. The number of hydrogen-bond acceptors (Lipinski definition) is 2. The molecule has 3 aromatic carbocycles. The molecule has 0 saturated carbocycles. The van der Waals surface area contributed by atoms with E-state index < -0.39 is 0 Å². The van der Waals surface area contributed by atoms with Gasteiger partial charge in [0.25, 0.3) is 0 Å². The number of aromatic nitrogens is 1. The molecule has 3 heteroatoms. The molecule has 0 fully saturated rings. The summed E-state index contributed by atoms with van der Waals surface area (Å²) < 4.78 is 0. The van der Waals surface area contributed by atoms with Crippen molar-refractivity contribution in [1.29, 1.82) is 0 Å². The summed E-state index contributed by atoms with van der Waals surface area (Å²) in [5, 5.41) is 4.00. The lowest BCUT2D eigenvalue weighted by molar-refractivity contribution is 0.948. The highest BCUT2D eigenvalue weighted by Gasteiger charge is 2.23. The summed E-state index contributed by atoms with van der Waals surface area (Å²) in [5.41, 5.74) is 4.09. The number of aromatic amines is 1. The monoisotopic (exact) mass is 357 g/mol. The fraction of sp³-hybridized carbons (Fsp3) is 0.0909. The Labute approximate surface area is 154 Å². The van der Waals surface area contributed by atoms with E-state index in [0.29, 0.717) is 0 Å². The third-order valence-electron chi connectivity index (χ3n) is 5.10. The average Bonchev–Trinajstić information content (AvgIpc) is 3.04. The van der Waals surface area contributed by atoms with Crippen LogP contribution in [0.4, 0.5) is 0 Å². The Kier molecular flexibility index (Phi) is 2.93. The van der Waals surface area contributed by atoms with Crippen molar-refractivity contribution in [3.05, 3.63) is 65.9 Å². The highest BCUT2D eigenvalue weighted by molar-refractivity contribution is 8.05. The van der Waals surface area contributed by atoms with Gasteiger partial charge in [-0.1, -0.05) is 66.0 Å². The van der Waals surface area contributed by atoms with Crippen LogP contribution in [0.25, 0.3) is 27.8 Å². The first-order valence-electron chi connectivity index (χ1n) is 8.59. The molecule has 1 nitrogen and oxygen atoms in total. The van der Waals surface area contributed by atoms with Crippen LogP contribution < -0.4 is 0 Å². The topological polar surface area (TPSA) is 15.8 Å². The molecular formula is C22H15NS2. The highest BCUT2D eigenvalue weighted by atomic mass is 32.2. The minimum atomic E-state index is 1.12. The van der Waals surface area contributed by atoms with Crippen LogP contribution in [0.3, 0.4) is 0 Å². The van der Waals surface area contributed by atoms with Crippen molar-refractivity contribution >= 4 is 51.3 Å². The van der Waals surface area contributed by atoms with Gasteiger partial charge in [-0.05, 0) is 41.8 Å². The van der Waals surface area contributed by atoms with Gasteiger partial charge in [0.1, 0.15) is 0 Å². The molecule has 2 heterocycles. The molecule has 0 saturated heterocycles. The Bertz CT molecular complexity index is 1200. The van der Waals surface area contributed by atoms with Crippen LogP contribution in [0.15, 0.2) is 74.2 Å². The van der Waals surface area contributed by atoms with E-state index in [4.69, 9.17) is 0 Å². The van der Waals surface area contributed by atoms with Gasteiger partial charge in [-0.2, -0.15) is 0 Å². The zero-order valence-corrected chi connectivity index (χ0v) is 15.1. The third kappa shape index (κ3) is 2.06. The van der Waals surface area contributed by atoms with Gasteiger partial charge in [-0.25, -0.2) is 0 Å². The fourth-order valence-corrected chi connectivity index (χ4v) is 6.29. The molecule has 0 spiro atoms. The summed E-state index contributed by atoms with van der Waals surface area (Å²) in [6.07, 6.45) is 6.83. The number of benzene rings is 3. The Morgan fingerprint density at radius 1 is 0.840 bits per heavy atom. The first-order valence-corrected chi connectivity index (χ1v) is 10.2. The standard InChI is InChI=1S/C22H15NS2/c1-2-6-14-12-20-19(11-13(14)5-1)24-18-10-9-16-15-7-3-4-8-17(15)23-21(16)22(18)25-20/h1-3,5-7,9-12,23H,4,8H2. The average molecular weight is 358 g/mol. The smallest absolute Gasteiger partial charge is 0.0615 e. The van der Waals surface area contributed by atoms with Crippen molar-refractivity contribution in [3.8, 4) is 0 Å². The van der Waals surface area contributed by atoms with Crippen LogP contribution in [-0.4, -0.2) is 4.98 Å². The van der Waals surface area contributed by atoms with E-state index in [-0.39, 0.29) is 0 Å². The first-order chi connectivity index (χ1) is 12.4. The maximum absolute atomic E-state index is 3.73. The lowest BCUT2D eigenvalue weighted by atomic mass is 10.0. The maximum Gasteiger partial charge on any atom is 0.0615 e. The molecule has 6 rings (SSSR count). The van der Waals surface area contributed by atoms with Gasteiger partial charge in [-0.15, -0.1) is 0 Å². The number of nitrogens with one attached hydrogen (secondary N) is 1. The Balaban J connectivity index is 1.57. The number of aryl methyl sites for hydroxylation is 1. The van der Waals surface area contributed by atoms with Crippen molar-refractivity contribution in [2.24, 2.45) is 0 Å². The summed E-state index contributed by atoms with van der Waals surface area (Å²) in [7, 11) is 0. The molecule has 1 aromatic heterocycles. The molecule has 0 atom stereocenters. The zero-order valence-electron chi connectivity index (χ0n) is 13.5. The summed E-state index contributed by atoms with van der Waals surface area (Å²) >= 11 is 3.81. The minimum absolute atomic E-state index is 1.12. The van der Waals surface area contributed by atoms with E-state index in [2.05, 4.69) is 65.7 Å². The van der Waals surface area contributed by atoms with Crippen LogP contribution in [0.5, 0.6) is 0 Å². The lowest BCUT2D eigenvalue weighted by Gasteiger charge is -2.19. The lowest BCUT2D eigenvalue weighted by Crippen LogP contribution is -1.91. The van der Waals surface area contributed by atoms with Crippen molar-refractivity contribution in [3.63, 3.8) is 0 Å². The van der Waals surface area contributed by atoms with Gasteiger partial charge in [-0.3, -0.25) is 0 Å². The van der Waals surface area contributed by atoms with Crippen molar-refractivity contribution in [2.75, 3.05) is 0 Å². The number of H-pyrrole nitrogens is 1. The second-order valence-corrected chi connectivity index (χ2v) is 8.76. The second kappa shape index (κ2) is 5.20. The summed E-state index contributed by atoms with van der Waals surface area (Å²) in [4.78, 5) is 9.21. The molecule has 2 aliphatic rings. The van der Waals surface area contributed by atoms with E-state index >= 15 is 0 Å². The summed E-state index contributed by atoms with van der Waals surface area (Å²) in [6, 6.07) is 17.9. The summed E-state index contributed by atoms with van der Waals surface area (Å²) in [6.45, 7) is 0. The molecule has 25 heavy (non-hydrogen) atoms. The Hall–Kier alpha value is -2.10. The molecule has 0 unspecified atom stereocenters. The molecule has 0 amide bonds. The quantitative estimate of drug-likeness (QED) is 0.324. The second-order valence-electron chi connectivity index (χ2n) is 6.62. The van der Waals surface area contributed by atoms with Crippen LogP contribution in [0, 0.1) is 0 Å². The minimum Gasteiger partial charge on any atom is -0.357 e. The Morgan fingerprint density at radius 3 is 2.48 bits per heavy atom. The fourth-order valence-electron chi connectivity index (χ4n) is 3.88. The van der Waals surface area contributed by atoms with Crippen LogP contribution in [0.2, 0.25) is 0 Å². The van der Waals surface area contributed by atoms with E-state index in [1.54, 1.807) is 0 Å². The van der Waals surface area contributed by atoms with Crippen LogP contribution in [0.1, 0.15) is 17.7 Å². The molecule has 120 valence electrons. The molecular weight excluding hydrogens is 342 g/mol. The molecule has 4 aromatic rings. The number of allylic oxidation sites excluding steroid dienone is 1. The van der Waals surface area contributed by atoms with Crippen LogP contribution in [-0.2, 0) is 6.42 Å². The molecule has 1 aliphatic heterocycles. The van der Waals surface area contributed by atoms with Crippen molar-refractivity contribution in [1.82, 2.24) is 4.98 Å². The van der Waals surface area contributed by atoms with E-state index in [0.717, 1.165) is 12.8 Å². The highest BCUT2D eigenvalue weighted by Crippen LogP contribution is 2.52. The predicted octanol–water partition coefficient (Wildman–Crippen LogP) is 6.90. The van der Waals surface area contributed by atoms with E-state index in [1.165, 1.54) is 52.5 Å². The third-order valence-corrected chi connectivity index (χ3v) is 7.66. The maximum atomic E-state index is 3.73. The Morgan fingerprint density at radius 2 is 1.64 bits per heavy atom. The van der Waals surface area contributed by atoms with Gasteiger partial charge in [0.2, 0.25) is 0 Å². The number of fused-ring (bicyclic) bond motifs is 7. The number of hydrogen-bond donors (Lipinski definition) is 1. The first kappa shape index (κ1) is 14.1. The predicted molar refractivity (Wildman–Crippen MR) is 108 cm³/mol. The largest absolute Gasteiger partial charge is 0.357 e. The van der Waals surface area contributed by atoms with Gasteiger partial charge < -0.3 is 4.98 Å². The van der Waals surface area contributed by atoms with Gasteiger partial charge in [0.15, 0.2) is 0 Å². The van der Waals surface area contributed by atoms with Crippen molar-refractivity contribution < 1.29 is 0 Å². The number of rotatable bonds is 0. The zero-order chi connectivity index (χ0) is 16.4. The van der Waals surface area contributed by atoms with Gasteiger partial charge >= 0.3 is 0 Å². The molecule has 0 radical (unpaired) electrons.